The normalized spacial score (nSPS) is 12.4. The number of tetrazole rings is 1. The number of hydrogen-bond donors (Lipinski definition) is 1. The van der Waals surface area contributed by atoms with Crippen molar-refractivity contribution >= 4 is 0 Å². The second-order valence-electron chi connectivity index (χ2n) is 3.31. The first-order chi connectivity index (χ1) is 7.40. The van der Waals surface area contributed by atoms with E-state index in [2.05, 4.69) is 15.4 Å². The highest BCUT2D eigenvalue weighted by molar-refractivity contribution is 4.78. The Kier molecular flexibility index (Phi) is 4.19. The van der Waals surface area contributed by atoms with E-state index in [9.17, 15) is 13.2 Å². The van der Waals surface area contributed by atoms with Crippen LogP contribution < -0.4 is 5.73 Å². The van der Waals surface area contributed by atoms with Crippen LogP contribution in [0.25, 0.3) is 0 Å². The van der Waals surface area contributed by atoms with Crippen molar-refractivity contribution in [3.8, 4) is 0 Å². The Labute approximate surface area is 90.2 Å². The third kappa shape index (κ3) is 4.53. The fourth-order valence-electron chi connectivity index (χ4n) is 1.24. The van der Waals surface area contributed by atoms with Crippen LogP contribution in [0, 0.1) is 0 Å². The van der Waals surface area contributed by atoms with Crippen molar-refractivity contribution in [2.75, 3.05) is 19.6 Å². The van der Waals surface area contributed by atoms with Crippen LogP contribution >= 0.6 is 0 Å². The molecule has 0 aromatic carbocycles. The summed E-state index contributed by atoms with van der Waals surface area (Å²) in [5.74, 6) is 0.250. The molecule has 0 unspecified atom stereocenters. The van der Waals surface area contributed by atoms with Crippen molar-refractivity contribution in [1.82, 2.24) is 25.1 Å². The van der Waals surface area contributed by atoms with Gasteiger partial charge in [-0.25, -0.2) is 0 Å². The van der Waals surface area contributed by atoms with Crippen molar-refractivity contribution in [2.45, 2.75) is 12.7 Å². The predicted molar refractivity (Wildman–Crippen MR) is 49.2 cm³/mol. The minimum absolute atomic E-state index is 0.00938. The molecule has 1 aromatic rings. The molecule has 0 spiro atoms. The zero-order chi connectivity index (χ0) is 12.2. The summed E-state index contributed by atoms with van der Waals surface area (Å²) in [7, 11) is 1.55. The zero-order valence-corrected chi connectivity index (χ0v) is 8.78. The standard InChI is InChI=1S/C7H13F3N6/c1-15-13-6(12-14-15)4-16(3-2-11)5-7(8,9)10/h2-5,11H2,1H3. The van der Waals surface area contributed by atoms with Crippen LogP contribution in [0.5, 0.6) is 0 Å². The van der Waals surface area contributed by atoms with Gasteiger partial charge < -0.3 is 5.73 Å². The molecule has 0 fully saturated rings. The lowest BCUT2D eigenvalue weighted by atomic mass is 10.4. The molecule has 16 heavy (non-hydrogen) atoms. The van der Waals surface area contributed by atoms with Gasteiger partial charge in [-0.3, -0.25) is 4.90 Å². The topological polar surface area (TPSA) is 72.9 Å². The third-order valence-corrected chi connectivity index (χ3v) is 1.76. The number of nitrogens with two attached hydrogens (primary N) is 1. The second kappa shape index (κ2) is 5.21. The summed E-state index contributed by atoms with van der Waals surface area (Å²) in [5.41, 5.74) is 5.24. The summed E-state index contributed by atoms with van der Waals surface area (Å²) in [6.07, 6.45) is -4.25. The molecule has 92 valence electrons. The minimum atomic E-state index is -4.25. The Hall–Kier alpha value is -1.22. The average Bonchev–Trinajstić information content (AvgIpc) is 2.48. The van der Waals surface area contributed by atoms with Gasteiger partial charge in [0.25, 0.3) is 0 Å². The monoisotopic (exact) mass is 238 g/mol. The molecule has 0 aliphatic rings. The maximum atomic E-state index is 12.2. The van der Waals surface area contributed by atoms with E-state index in [4.69, 9.17) is 5.73 Å². The van der Waals surface area contributed by atoms with E-state index in [-0.39, 0.29) is 25.5 Å². The fraction of sp³-hybridized carbons (Fsp3) is 0.857. The molecule has 0 amide bonds. The van der Waals surface area contributed by atoms with Crippen LogP contribution in [-0.4, -0.2) is 50.9 Å². The molecule has 0 aliphatic carbocycles. The molecule has 0 radical (unpaired) electrons. The largest absolute Gasteiger partial charge is 0.401 e. The SMILES string of the molecule is Cn1nnc(CN(CCN)CC(F)(F)F)n1. The molecular weight excluding hydrogens is 225 g/mol. The van der Waals surface area contributed by atoms with E-state index < -0.39 is 12.7 Å². The van der Waals surface area contributed by atoms with Crippen molar-refractivity contribution in [3.63, 3.8) is 0 Å². The Bertz CT molecular complexity index is 322. The Balaban J connectivity index is 2.57. The van der Waals surface area contributed by atoms with E-state index in [0.29, 0.717) is 0 Å². The van der Waals surface area contributed by atoms with Gasteiger partial charge in [0.2, 0.25) is 0 Å². The quantitative estimate of drug-likeness (QED) is 0.751. The second-order valence-corrected chi connectivity index (χ2v) is 3.31. The number of rotatable bonds is 5. The van der Waals surface area contributed by atoms with Gasteiger partial charge in [0, 0.05) is 13.1 Å². The molecule has 1 aromatic heterocycles. The van der Waals surface area contributed by atoms with E-state index in [1.807, 2.05) is 0 Å². The minimum Gasteiger partial charge on any atom is -0.329 e. The third-order valence-electron chi connectivity index (χ3n) is 1.76. The smallest absolute Gasteiger partial charge is 0.329 e. The highest BCUT2D eigenvalue weighted by Gasteiger charge is 2.30. The van der Waals surface area contributed by atoms with E-state index in [1.165, 1.54) is 4.80 Å². The Morgan fingerprint density at radius 3 is 2.56 bits per heavy atom. The lowest BCUT2D eigenvalue weighted by Crippen LogP contribution is -2.37. The van der Waals surface area contributed by atoms with Gasteiger partial charge in [-0.05, 0) is 5.21 Å². The first-order valence-electron chi connectivity index (χ1n) is 4.63. The molecule has 0 saturated carbocycles. The maximum absolute atomic E-state index is 12.2. The maximum Gasteiger partial charge on any atom is 0.401 e. The van der Waals surface area contributed by atoms with Crippen molar-refractivity contribution in [2.24, 2.45) is 12.8 Å². The fourth-order valence-corrected chi connectivity index (χ4v) is 1.24. The number of aromatic nitrogens is 4. The molecule has 2 N–H and O–H groups in total. The van der Waals surface area contributed by atoms with Crippen LogP contribution in [0.1, 0.15) is 5.82 Å². The van der Waals surface area contributed by atoms with Gasteiger partial charge in [-0.2, -0.15) is 18.0 Å². The summed E-state index contributed by atoms with van der Waals surface area (Å²) in [6, 6.07) is 0. The van der Waals surface area contributed by atoms with E-state index >= 15 is 0 Å². The number of aryl methyl sites for hydroxylation is 1. The number of hydrogen-bond acceptors (Lipinski definition) is 5. The number of alkyl halides is 3. The summed E-state index contributed by atoms with van der Waals surface area (Å²) < 4.78 is 36.6. The molecule has 0 saturated heterocycles. The molecule has 1 heterocycles. The number of nitrogens with zero attached hydrogens (tertiary/aromatic N) is 5. The van der Waals surface area contributed by atoms with Crippen LogP contribution in [0.2, 0.25) is 0 Å². The van der Waals surface area contributed by atoms with Crippen molar-refractivity contribution in [1.29, 1.82) is 0 Å². The molecule has 1 rings (SSSR count). The molecular formula is C7H13F3N6. The van der Waals surface area contributed by atoms with Crippen molar-refractivity contribution in [3.05, 3.63) is 5.82 Å². The van der Waals surface area contributed by atoms with Gasteiger partial charge in [-0.15, -0.1) is 10.2 Å². The van der Waals surface area contributed by atoms with Crippen LogP contribution in [0.4, 0.5) is 13.2 Å². The van der Waals surface area contributed by atoms with E-state index in [0.717, 1.165) is 4.90 Å². The Morgan fingerprint density at radius 2 is 2.12 bits per heavy atom. The van der Waals surface area contributed by atoms with Gasteiger partial charge in [0.15, 0.2) is 5.82 Å². The van der Waals surface area contributed by atoms with Gasteiger partial charge in [0.05, 0.1) is 20.1 Å². The van der Waals surface area contributed by atoms with Gasteiger partial charge in [0.1, 0.15) is 0 Å². The summed E-state index contributed by atoms with van der Waals surface area (Å²) >= 11 is 0. The van der Waals surface area contributed by atoms with Crippen molar-refractivity contribution < 1.29 is 13.2 Å². The predicted octanol–water partition coefficient (Wildman–Crippen LogP) is -0.467. The van der Waals surface area contributed by atoms with Crippen LogP contribution in [0.15, 0.2) is 0 Å². The molecule has 0 aliphatic heterocycles. The molecule has 0 atom stereocenters. The highest BCUT2D eigenvalue weighted by Crippen LogP contribution is 2.16. The average molecular weight is 238 g/mol. The summed E-state index contributed by atoms with van der Waals surface area (Å²) in [6.45, 7) is -0.749. The molecule has 9 heteroatoms. The van der Waals surface area contributed by atoms with Gasteiger partial charge in [-0.1, -0.05) is 0 Å². The van der Waals surface area contributed by atoms with Crippen LogP contribution in [0.3, 0.4) is 0 Å². The van der Waals surface area contributed by atoms with E-state index in [1.54, 1.807) is 7.05 Å². The molecule has 6 nitrogen and oxygen atoms in total. The Morgan fingerprint density at radius 1 is 1.44 bits per heavy atom. The lowest BCUT2D eigenvalue weighted by Gasteiger charge is -2.20. The first kappa shape index (κ1) is 12.8. The molecule has 0 bridgehead atoms. The lowest BCUT2D eigenvalue weighted by molar-refractivity contribution is -0.147. The number of halogens is 3. The zero-order valence-electron chi connectivity index (χ0n) is 8.78. The summed E-state index contributed by atoms with van der Waals surface area (Å²) in [5, 5.41) is 11.0. The van der Waals surface area contributed by atoms with Crippen LogP contribution in [-0.2, 0) is 13.6 Å². The summed E-state index contributed by atoms with van der Waals surface area (Å²) in [4.78, 5) is 2.33. The highest BCUT2D eigenvalue weighted by atomic mass is 19.4. The van der Waals surface area contributed by atoms with Gasteiger partial charge >= 0.3 is 6.18 Å². The first-order valence-corrected chi connectivity index (χ1v) is 4.63.